The fraction of sp³-hybridized carbons (Fsp3) is 0.364. The predicted octanol–water partition coefficient (Wildman–Crippen LogP) is 3.79. The highest BCUT2D eigenvalue weighted by atomic mass is 32.1. The number of hydrogen-bond donors (Lipinski definition) is 1. The van der Waals surface area contributed by atoms with Gasteiger partial charge in [0.15, 0.2) is 5.76 Å². The zero-order valence-electron chi connectivity index (χ0n) is 17.2. The number of furan rings is 1. The lowest BCUT2D eigenvalue weighted by Crippen LogP contribution is -2.47. The molecule has 1 saturated heterocycles. The average Bonchev–Trinajstić information content (AvgIpc) is 3.49. The quantitative estimate of drug-likeness (QED) is 0.527. The highest BCUT2D eigenvalue weighted by Gasteiger charge is 2.31. The molecule has 1 aromatic carbocycles. The minimum absolute atomic E-state index is 0.0230. The summed E-state index contributed by atoms with van der Waals surface area (Å²) in [6, 6.07) is 12.2. The highest BCUT2D eigenvalue weighted by molar-refractivity contribution is 7.17. The summed E-state index contributed by atoms with van der Waals surface area (Å²) in [5.41, 5.74) is 2.40. The van der Waals surface area contributed by atoms with Gasteiger partial charge in [-0.05, 0) is 31.2 Å². The van der Waals surface area contributed by atoms with E-state index in [1.807, 2.05) is 6.07 Å². The van der Waals surface area contributed by atoms with E-state index in [1.165, 1.54) is 27.0 Å². The third-order valence-corrected chi connectivity index (χ3v) is 6.87. The van der Waals surface area contributed by atoms with Crippen molar-refractivity contribution in [3.63, 3.8) is 0 Å². The zero-order valence-corrected chi connectivity index (χ0v) is 18.0. The summed E-state index contributed by atoms with van der Waals surface area (Å²) in [6.07, 6.45) is 1.60. The summed E-state index contributed by atoms with van der Waals surface area (Å²) in [7, 11) is 0. The van der Waals surface area contributed by atoms with Crippen molar-refractivity contribution in [2.45, 2.75) is 19.9 Å². The van der Waals surface area contributed by atoms with Crippen LogP contribution in [0.15, 0.2) is 47.1 Å². The second kappa shape index (κ2) is 7.86. The van der Waals surface area contributed by atoms with Gasteiger partial charge in [0.05, 0.1) is 17.2 Å². The lowest BCUT2D eigenvalue weighted by Gasteiger charge is -2.38. The van der Waals surface area contributed by atoms with Gasteiger partial charge in [0, 0.05) is 26.2 Å². The minimum Gasteiger partial charge on any atom is -0.492 e. The fourth-order valence-electron chi connectivity index (χ4n) is 4.05. The van der Waals surface area contributed by atoms with Crippen LogP contribution in [0.1, 0.15) is 29.0 Å². The third kappa shape index (κ3) is 3.40. The summed E-state index contributed by atoms with van der Waals surface area (Å²) in [5, 5.41) is 15.6. The fourth-order valence-corrected chi connectivity index (χ4v) is 5.17. The summed E-state index contributed by atoms with van der Waals surface area (Å²) in [4.78, 5) is 11.0. The van der Waals surface area contributed by atoms with Gasteiger partial charge in [-0.1, -0.05) is 48.1 Å². The topological polar surface area (TPSA) is 70.0 Å². The summed E-state index contributed by atoms with van der Waals surface area (Å²) in [6.45, 7) is 9.34. The van der Waals surface area contributed by atoms with Crippen LogP contribution in [0.25, 0.3) is 16.5 Å². The number of nitrogens with zero attached hydrogens (tertiary/aromatic N) is 5. The van der Waals surface area contributed by atoms with Crippen molar-refractivity contribution >= 4 is 16.3 Å². The molecule has 1 aliphatic heterocycles. The number of fused-ring (bicyclic) bond motifs is 1. The monoisotopic (exact) mass is 423 g/mol. The van der Waals surface area contributed by atoms with Gasteiger partial charge < -0.3 is 14.4 Å². The van der Waals surface area contributed by atoms with E-state index in [4.69, 9.17) is 4.42 Å². The Balaban J connectivity index is 1.55. The third-order valence-electron chi connectivity index (χ3n) is 5.80. The normalized spacial score (nSPS) is 17.0. The first-order chi connectivity index (χ1) is 14.6. The van der Waals surface area contributed by atoms with Gasteiger partial charge in [-0.25, -0.2) is 0 Å². The highest BCUT2D eigenvalue weighted by Crippen LogP contribution is 2.40. The van der Waals surface area contributed by atoms with Crippen molar-refractivity contribution in [2.75, 3.05) is 32.7 Å². The molecule has 0 saturated carbocycles. The molecule has 30 heavy (non-hydrogen) atoms. The van der Waals surface area contributed by atoms with Crippen molar-refractivity contribution in [3.05, 3.63) is 58.7 Å². The largest absolute Gasteiger partial charge is 0.492 e. The molecule has 5 rings (SSSR count). The van der Waals surface area contributed by atoms with Crippen molar-refractivity contribution in [1.82, 2.24) is 24.4 Å². The zero-order chi connectivity index (χ0) is 20.7. The van der Waals surface area contributed by atoms with Gasteiger partial charge in [0.2, 0.25) is 16.7 Å². The Kier molecular flexibility index (Phi) is 5.06. The molecule has 1 atom stereocenters. The van der Waals surface area contributed by atoms with Gasteiger partial charge in [-0.2, -0.15) is 9.50 Å². The SMILES string of the molecule is CCN1CCN([C@H](c2ccc(C)cc2)c2sc3nc(-c4ccco4)nn3c2O)CC1. The molecule has 3 aromatic heterocycles. The summed E-state index contributed by atoms with van der Waals surface area (Å²) >= 11 is 1.49. The molecule has 0 spiro atoms. The van der Waals surface area contributed by atoms with Gasteiger partial charge in [-0.3, -0.25) is 4.90 Å². The van der Waals surface area contributed by atoms with Crippen LogP contribution in [0.2, 0.25) is 0 Å². The number of aromatic nitrogens is 3. The number of rotatable bonds is 5. The van der Waals surface area contributed by atoms with E-state index in [9.17, 15) is 5.11 Å². The Morgan fingerprint density at radius 1 is 1.13 bits per heavy atom. The number of benzene rings is 1. The Hall–Kier alpha value is -2.68. The van der Waals surface area contributed by atoms with Crippen LogP contribution in [0, 0.1) is 6.92 Å². The van der Waals surface area contributed by atoms with Crippen molar-refractivity contribution in [1.29, 1.82) is 0 Å². The van der Waals surface area contributed by atoms with Crippen LogP contribution < -0.4 is 0 Å². The number of likely N-dealkylation sites (N-methyl/N-ethyl adjacent to an activating group) is 1. The van der Waals surface area contributed by atoms with Crippen LogP contribution in [0.4, 0.5) is 0 Å². The van der Waals surface area contributed by atoms with Crippen molar-refractivity contribution in [3.8, 4) is 17.5 Å². The smallest absolute Gasteiger partial charge is 0.230 e. The molecule has 4 heterocycles. The van der Waals surface area contributed by atoms with E-state index in [2.05, 4.69) is 58.0 Å². The lowest BCUT2D eigenvalue weighted by atomic mass is 10.0. The summed E-state index contributed by atoms with van der Waals surface area (Å²) in [5.74, 6) is 1.23. The van der Waals surface area contributed by atoms with Crippen LogP contribution in [0.3, 0.4) is 0 Å². The minimum atomic E-state index is -0.0230. The molecule has 1 aliphatic rings. The van der Waals surface area contributed by atoms with E-state index in [0.717, 1.165) is 37.6 Å². The first-order valence-electron chi connectivity index (χ1n) is 10.3. The molecule has 1 fully saturated rings. The van der Waals surface area contributed by atoms with E-state index in [0.29, 0.717) is 16.5 Å². The maximum absolute atomic E-state index is 11.1. The number of thiazole rings is 1. The van der Waals surface area contributed by atoms with Gasteiger partial charge in [0.25, 0.3) is 0 Å². The van der Waals surface area contributed by atoms with Crippen LogP contribution >= 0.6 is 11.3 Å². The molecule has 0 radical (unpaired) electrons. The number of piperazine rings is 1. The number of hydrogen-bond acceptors (Lipinski definition) is 7. The lowest BCUT2D eigenvalue weighted by molar-refractivity contribution is 0.113. The average molecular weight is 424 g/mol. The molecule has 0 unspecified atom stereocenters. The Labute approximate surface area is 179 Å². The Bertz CT molecular complexity index is 1120. The summed E-state index contributed by atoms with van der Waals surface area (Å²) < 4.78 is 6.93. The molecule has 0 bridgehead atoms. The second-order valence-electron chi connectivity index (χ2n) is 7.68. The maximum Gasteiger partial charge on any atom is 0.230 e. The van der Waals surface area contributed by atoms with E-state index >= 15 is 0 Å². The predicted molar refractivity (Wildman–Crippen MR) is 117 cm³/mol. The van der Waals surface area contributed by atoms with E-state index in [-0.39, 0.29) is 11.9 Å². The van der Waals surface area contributed by atoms with Crippen LogP contribution in [0.5, 0.6) is 5.88 Å². The van der Waals surface area contributed by atoms with Crippen LogP contribution in [-0.4, -0.2) is 62.2 Å². The molecular formula is C22H25N5O2S. The first kappa shape index (κ1) is 19.3. The number of aromatic hydroxyl groups is 1. The molecule has 7 nitrogen and oxygen atoms in total. The molecule has 1 N–H and O–H groups in total. The maximum atomic E-state index is 11.1. The van der Waals surface area contributed by atoms with Crippen LogP contribution in [-0.2, 0) is 0 Å². The number of aryl methyl sites for hydroxylation is 1. The van der Waals surface area contributed by atoms with Gasteiger partial charge >= 0.3 is 0 Å². The molecule has 156 valence electrons. The molecule has 8 heteroatoms. The standard InChI is InChI=1S/C22H25N5O2S/c1-3-25-10-12-26(13-11-25)18(16-8-6-15(2)7-9-16)19-21(28)27-22(30-19)23-20(24-27)17-5-4-14-29-17/h4-9,14,18,28H,3,10-13H2,1-2H3/t18-/m1/s1. The molecule has 4 aromatic rings. The van der Waals surface area contributed by atoms with Crippen molar-refractivity contribution < 1.29 is 9.52 Å². The van der Waals surface area contributed by atoms with E-state index < -0.39 is 0 Å². The molecular weight excluding hydrogens is 398 g/mol. The Morgan fingerprint density at radius 2 is 1.90 bits per heavy atom. The van der Waals surface area contributed by atoms with E-state index in [1.54, 1.807) is 12.3 Å². The first-order valence-corrected chi connectivity index (χ1v) is 11.1. The Morgan fingerprint density at radius 3 is 2.53 bits per heavy atom. The van der Waals surface area contributed by atoms with Gasteiger partial charge in [0.1, 0.15) is 0 Å². The van der Waals surface area contributed by atoms with Crippen molar-refractivity contribution in [2.24, 2.45) is 0 Å². The van der Waals surface area contributed by atoms with Gasteiger partial charge in [-0.15, -0.1) is 5.10 Å². The molecule has 0 amide bonds. The molecule has 0 aliphatic carbocycles. The second-order valence-corrected chi connectivity index (χ2v) is 8.69.